The van der Waals surface area contributed by atoms with E-state index in [4.69, 9.17) is 14.2 Å². The summed E-state index contributed by atoms with van der Waals surface area (Å²) in [6.07, 6.45) is 3.65. The van der Waals surface area contributed by atoms with E-state index in [-0.39, 0.29) is 110 Å². The van der Waals surface area contributed by atoms with Gasteiger partial charge in [-0.1, -0.05) is 109 Å². The third-order valence-electron chi connectivity index (χ3n) is 17.1. The van der Waals surface area contributed by atoms with E-state index in [0.717, 1.165) is 75.7 Å². The topological polar surface area (TPSA) is 263 Å². The molecule has 5 amide bonds. The van der Waals surface area contributed by atoms with Crippen molar-refractivity contribution in [1.29, 1.82) is 0 Å². The third-order valence-corrected chi connectivity index (χ3v) is 19.2. The Hall–Kier alpha value is -8.26. The fourth-order valence-corrected chi connectivity index (χ4v) is 14.1. The van der Waals surface area contributed by atoms with Crippen LogP contribution in [0.3, 0.4) is 0 Å². The van der Waals surface area contributed by atoms with Crippen LogP contribution in [0.2, 0.25) is 0 Å². The molecule has 2 saturated heterocycles. The molecule has 6 aromatic rings. The minimum Gasteiger partial charge on any atom is -0.870 e. The SMILES string of the molecule is CC(C)(C)OC(=O)N1CC[C@H](c2cccc(-c3ccccc3)c2)[C@@H](C(=O)N(c2ccc(SCC(=O)O)c(NCC(=O)O)c2)C2CC2)C1.CCOC(=O)CN1C(=O)CSc2ccc(N(C(=O)[C@H]3CN(C(=O)OC(C)(C)C)CC[C@@H]3c3cccc(-c4ccccc4)c3)C3CC3)cc21.[Li+].[OH-]. The molecule has 11 rings (SSSR count). The number of fused-ring (bicyclic) bond motifs is 1. The summed E-state index contributed by atoms with van der Waals surface area (Å²) in [5, 5.41) is 21.4. The molecule has 0 radical (unpaired) electrons. The Morgan fingerprint density at radius 3 is 1.53 bits per heavy atom. The van der Waals surface area contributed by atoms with E-state index in [1.165, 1.54) is 16.7 Å². The zero-order valence-electron chi connectivity index (χ0n) is 56.3. The number of carboxylic acid groups (broad SMARTS) is 2. The molecular weight excluding hydrogens is 1270 g/mol. The first kappa shape index (κ1) is 74.5. The van der Waals surface area contributed by atoms with Gasteiger partial charge in [-0.25, -0.2) is 9.59 Å². The number of nitrogens with one attached hydrogen (secondary N) is 1. The van der Waals surface area contributed by atoms with Crippen LogP contribution in [0.1, 0.15) is 110 Å². The molecule has 4 fully saturated rings. The van der Waals surface area contributed by atoms with Crippen LogP contribution in [0.4, 0.5) is 32.3 Å². The van der Waals surface area contributed by atoms with Crippen LogP contribution in [0, 0.1) is 11.8 Å². The van der Waals surface area contributed by atoms with Gasteiger partial charge in [-0.05, 0) is 169 Å². The second-order valence-electron chi connectivity index (χ2n) is 26.6. The van der Waals surface area contributed by atoms with E-state index < -0.39 is 53.1 Å². The molecular formula is C74H85LiN6O14S2. The molecule has 0 unspecified atom stereocenters. The summed E-state index contributed by atoms with van der Waals surface area (Å²) in [6.45, 7) is 13.7. The average molecular weight is 1350 g/mol. The van der Waals surface area contributed by atoms with Gasteiger partial charge in [0.1, 0.15) is 24.3 Å². The standard InChI is InChI=1S/C38H43N3O6S.C36H41N3O7S.Li.H2O/c1-5-46-35(43)23-40-32-21-29(16-17-33(32)48-24-34(40)42)41(28-14-15-28)36(44)31-22-39(37(45)47-38(2,3)4)19-18-30(31)27-13-9-12-26(20-27)25-10-7-6-8-11-25;1-36(2,3)46-35(45)38-17-16-28(25-11-7-10-24(18-25)23-8-5-4-6-9-23)29(21-38)34(44)39(26-12-13-26)27-14-15-31(47-22-33(42)43)30(19-27)37-20-32(40)41;;/h6-13,16-17,20-21,28,30-31H,5,14-15,18-19,22-24H2,1-4H3;4-11,14-15,18-19,26,28-29,37H,12-13,16-17,20-22H2,1-3H3,(H,40,41)(H,42,43);;1H2/q;;+1;/p-1/t30-,31+;28-,29+;;/m11../s1. The number of esters is 1. The van der Waals surface area contributed by atoms with Gasteiger partial charge in [0.2, 0.25) is 17.7 Å². The van der Waals surface area contributed by atoms with Gasteiger partial charge < -0.3 is 54.8 Å². The average Bonchev–Trinajstić information content (AvgIpc) is 1.76. The van der Waals surface area contributed by atoms with E-state index in [2.05, 4.69) is 59.9 Å². The van der Waals surface area contributed by atoms with Crippen LogP contribution in [-0.4, -0.2) is 154 Å². The number of ether oxygens (including phenoxy) is 3. The van der Waals surface area contributed by atoms with E-state index in [0.29, 0.717) is 53.6 Å². The number of carbonyl (C=O) groups is 8. The maximum absolute atomic E-state index is 14.9. The minimum absolute atomic E-state index is 0. The molecule has 6 aromatic carbocycles. The second kappa shape index (κ2) is 32.9. The summed E-state index contributed by atoms with van der Waals surface area (Å²) >= 11 is 2.50. The van der Waals surface area contributed by atoms with Crippen LogP contribution in [0.15, 0.2) is 155 Å². The second-order valence-corrected chi connectivity index (χ2v) is 28.6. The number of piperidine rings is 2. The normalized spacial score (nSPS) is 18.3. The van der Waals surface area contributed by atoms with Crippen molar-refractivity contribution in [3.8, 4) is 22.3 Å². The van der Waals surface area contributed by atoms with Gasteiger partial charge in [-0.2, -0.15) is 0 Å². The Morgan fingerprint density at radius 1 is 0.598 bits per heavy atom. The first-order valence-electron chi connectivity index (χ1n) is 32.5. The Balaban J connectivity index is 0.000000243. The van der Waals surface area contributed by atoms with Crippen molar-refractivity contribution in [3.05, 3.63) is 157 Å². The first-order chi connectivity index (χ1) is 45.4. The monoisotopic (exact) mass is 1350 g/mol. The molecule has 2 saturated carbocycles. The van der Waals surface area contributed by atoms with Gasteiger partial charge in [0, 0.05) is 59.4 Å². The molecule has 508 valence electrons. The number of hydrogen-bond donors (Lipinski definition) is 3. The third kappa shape index (κ3) is 19.5. The molecule has 4 atom stereocenters. The number of thioether (sulfide) groups is 2. The number of amides is 5. The number of rotatable bonds is 19. The molecule has 0 aromatic heterocycles. The number of anilines is 4. The fourth-order valence-electron chi connectivity index (χ4n) is 12.5. The summed E-state index contributed by atoms with van der Waals surface area (Å²) in [6, 6.07) is 47.7. The molecule has 0 bridgehead atoms. The smallest absolute Gasteiger partial charge is 0.870 e. The molecule has 5 aliphatic rings. The molecule has 4 N–H and O–H groups in total. The summed E-state index contributed by atoms with van der Waals surface area (Å²) in [4.78, 5) is 114. The molecule has 23 heteroatoms. The summed E-state index contributed by atoms with van der Waals surface area (Å²) in [7, 11) is 0. The molecule has 2 aliphatic carbocycles. The van der Waals surface area contributed by atoms with Crippen molar-refractivity contribution in [2.24, 2.45) is 11.8 Å². The largest absolute Gasteiger partial charge is 1.00 e. The number of likely N-dealkylation sites (tertiary alicyclic amines) is 2. The van der Waals surface area contributed by atoms with Gasteiger partial charge in [0.25, 0.3) is 0 Å². The number of hydrogen-bond acceptors (Lipinski definition) is 15. The molecule has 3 heterocycles. The molecule has 0 spiro atoms. The Kier molecular flexibility index (Phi) is 25.2. The van der Waals surface area contributed by atoms with Gasteiger partial charge in [-0.15, -0.1) is 23.5 Å². The Labute approximate surface area is 587 Å². The van der Waals surface area contributed by atoms with Crippen LogP contribution in [0.25, 0.3) is 22.3 Å². The Bertz CT molecular complexity index is 3810. The summed E-state index contributed by atoms with van der Waals surface area (Å²) in [5.74, 6) is -4.26. The number of benzene rings is 6. The quantitative estimate of drug-likeness (QED) is 0.0295. The molecule has 3 aliphatic heterocycles. The maximum Gasteiger partial charge on any atom is 1.00 e. The number of carbonyl (C=O) groups excluding carboxylic acids is 6. The van der Waals surface area contributed by atoms with E-state index in [1.807, 2.05) is 119 Å². The van der Waals surface area contributed by atoms with Gasteiger partial charge >= 0.3 is 49.0 Å². The molecule has 97 heavy (non-hydrogen) atoms. The van der Waals surface area contributed by atoms with Crippen molar-refractivity contribution < 1.29 is 87.1 Å². The number of carboxylic acids is 2. The zero-order valence-corrected chi connectivity index (χ0v) is 57.9. The Morgan fingerprint density at radius 2 is 1.07 bits per heavy atom. The van der Waals surface area contributed by atoms with Gasteiger partial charge in [-0.3, -0.25) is 33.7 Å². The predicted octanol–water partition coefficient (Wildman–Crippen LogP) is 10.3. The van der Waals surface area contributed by atoms with Crippen LogP contribution < -0.4 is 38.9 Å². The summed E-state index contributed by atoms with van der Waals surface area (Å²) < 4.78 is 16.6. The minimum atomic E-state index is -1.07. The van der Waals surface area contributed by atoms with Crippen molar-refractivity contribution in [2.75, 3.05) is 77.4 Å². The maximum atomic E-state index is 14.9. The van der Waals surface area contributed by atoms with Crippen molar-refractivity contribution in [2.45, 2.75) is 132 Å². The number of aliphatic carboxylic acids is 2. The van der Waals surface area contributed by atoms with Crippen LogP contribution >= 0.6 is 23.5 Å². The number of nitrogens with zero attached hydrogens (tertiary/aromatic N) is 5. The fraction of sp³-hybridized carbons (Fsp3) is 0.405. The molecule has 20 nitrogen and oxygen atoms in total. The predicted molar refractivity (Wildman–Crippen MR) is 371 cm³/mol. The van der Waals surface area contributed by atoms with Crippen LogP contribution in [-0.2, 0) is 43.0 Å². The van der Waals surface area contributed by atoms with Gasteiger partial charge in [0.15, 0.2) is 0 Å². The van der Waals surface area contributed by atoms with Crippen molar-refractivity contribution in [1.82, 2.24) is 9.80 Å². The van der Waals surface area contributed by atoms with E-state index in [1.54, 1.807) is 39.8 Å². The van der Waals surface area contributed by atoms with Gasteiger partial charge in [0.05, 0.1) is 41.3 Å². The zero-order chi connectivity index (χ0) is 67.7. The van der Waals surface area contributed by atoms with Crippen molar-refractivity contribution >= 4 is 94.1 Å². The first-order valence-corrected chi connectivity index (χ1v) is 34.5. The van der Waals surface area contributed by atoms with E-state index in [9.17, 15) is 48.6 Å². The van der Waals surface area contributed by atoms with Crippen LogP contribution in [0.5, 0.6) is 0 Å². The summed E-state index contributed by atoms with van der Waals surface area (Å²) in [5.41, 5.74) is 7.35. The van der Waals surface area contributed by atoms with E-state index >= 15 is 0 Å². The van der Waals surface area contributed by atoms with Crippen molar-refractivity contribution in [3.63, 3.8) is 0 Å².